The van der Waals surface area contributed by atoms with E-state index in [4.69, 9.17) is 10.8 Å². The maximum Gasteiger partial charge on any atom is 0.511 e. The Kier molecular flexibility index (Phi) is 43.0. The van der Waals surface area contributed by atoms with Gasteiger partial charge in [0.15, 0.2) is 0 Å². The zero-order chi connectivity index (χ0) is 37.1. The predicted molar refractivity (Wildman–Crippen MR) is 202 cm³/mol. The number of nitrogens with two attached hydrogens (primary N) is 1. The van der Waals surface area contributed by atoms with Gasteiger partial charge in [0, 0.05) is 68.9 Å². The van der Waals surface area contributed by atoms with Crippen molar-refractivity contribution in [1.29, 1.82) is 0 Å². The number of nitrogens with zero attached hydrogens (tertiary/aromatic N) is 7. The van der Waals surface area contributed by atoms with Crippen LogP contribution in [0.2, 0.25) is 0 Å². The maximum atomic E-state index is 11.4. The van der Waals surface area contributed by atoms with Crippen LogP contribution in [0, 0.1) is 0 Å². The third-order valence-electron chi connectivity index (χ3n) is 4.41. The van der Waals surface area contributed by atoms with E-state index in [-0.39, 0.29) is 28.3 Å². The van der Waals surface area contributed by atoms with E-state index in [1.807, 2.05) is 0 Å². The van der Waals surface area contributed by atoms with Crippen LogP contribution in [0.4, 0.5) is 19.2 Å². The molecule has 0 aliphatic rings. The molecule has 0 saturated carbocycles. The number of amides is 1. The SMILES string of the molecule is C.C.C.CO.COC(=O)NCCS.COC(=O)n1cc[nH+]c1.COC(=O)n1cc[nH+]c1.NCCS.O=C(n1ccnc1)n1ccnc1.c1c[nH]cn1. The van der Waals surface area contributed by atoms with E-state index in [1.54, 1.807) is 68.3 Å². The van der Waals surface area contributed by atoms with Gasteiger partial charge < -0.3 is 35.4 Å². The molecule has 52 heavy (non-hydrogen) atoms. The normalized spacial score (nSPS) is 8.15. The lowest BCUT2D eigenvalue weighted by atomic mass is 10.7. The second kappa shape index (κ2) is 40.0. The third-order valence-corrected chi connectivity index (χ3v) is 4.89. The summed E-state index contributed by atoms with van der Waals surface area (Å²) in [4.78, 5) is 62.2. The topological polar surface area (TPSA) is 257 Å². The van der Waals surface area contributed by atoms with Crippen LogP contribution >= 0.6 is 25.3 Å². The molecule has 0 atom stereocenters. The molecule has 294 valence electrons. The molecule has 0 fully saturated rings. The fourth-order valence-electron chi connectivity index (χ4n) is 2.34. The number of carbonyl (C=O) groups is 4. The molecular weight excluding hydrogens is 721 g/mol. The summed E-state index contributed by atoms with van der Waals surface area (Å²) in [6.07, 6.45) is 22.5. The molecule has 0 saturated heterocycles. The van der Waals surface area contributed by atoms with Crippen LogP contribution in [-0.4, -0.2) is 121 Å². The zero-order valence-corrected chi connectivity index (χ0v) is 29.2. The summed E-state index contributed by atoms with van der Waals surface area (Å²) >= 11 is 7.66. The van der Waals surface area contributed by atoms with Crippen molar-refractivity contribution in [1.82, 2.24) is 43.5 Å². The summed E-state index contributed by atoms with van der Waals surface area (Å²) in [6.45, 7) is 1.24. The van der Waals surface area contributed by atoms with Crippen LogP contribution < -0.4 is 21.0 Å². The van der Waals surface area contributed by atoms with Gasteiger partial charge in [-0.15, -0.1) is 9.13 Å². The standard InChI is InChI=1S/C7H6N4O.2C5H6N2O2.C4H9NO2S.C3H4N2.C2H7NS.CH4O.3CH4/c12-7(10-3-1-8-5-10)11-4-2-9-6-11;2*1-9-5(8)7-3-2-6-4-7;1-7-4(6)5-2-3-8;1-2-5-3-4-1;3-1-2-4;1-2;;;/h1-6H;2*2-4H,1H3;8H,2-3H2,1H3,(H,5,6);1-3H,(H,4,5);4H,1-3H2;2H,1H3;3*1H4/p+2. The van der Waals surface area contributed by atoms with Crippen molar-refractivity contribution in [3.8, 4) is 0 Å². The Balaban J connectivity index is -0.000000171. The number of alkyl carbamates (subject to hydrolysis) is 1. The van der Waals surface area contributed by atoms with Crippen LogP contribution in [0.15, 0.2) is 93.6 Å². The van der Waals surface area contributed by atoms with Crippen LogP contribution in [-0.2, 0) is 14.2 Å². The Morgan fingerprint density at radius 3 is 1.44 bits per heavy atom. The van der Waals surface area contributed by atoms with E-state index in [1.165, 1.54) is 64.9 Å². The third kappa shape index (κ3) is 28.4. The van der Waals surface area contributed by atoms with Gasteiger partial charge in [0.25, 0.3) is 12.7 Å². The Hall–Kier alpha value is -5.45. The van der Waals surface area contributed by atoms with Crippen LogP contribution in [0.3, 0.4) is 0 Å². The van der Waals surface area contributed by atoms with Gasteiger partial charge >= 0.3 is 24.3 Å². The first-order valence-electron chi connectivity index (χ1n) is 13.7. The van der Waals surface area contributed by atoms with Crippen molar-refractivity contribution in [2.75, 3.05) is 53.0 Å². The number of imidazole rings is 5. The van der Waals surface area contributed by atoms with E-state index in [9.17, 15) is 19.2 Å². The quantitative estimate of drug-likeness (QED) is 0.114. The number of H-pyrrole nitrogens is 3. The smallest absolute Gasteiger partial charge is 0.453 e. The predicted octanol–water partition coefficient (Wildman–Crippen LogP) is 2.50. The lowest BCUT2D eigenvalue weighted by molar-refractivity contribution is -0.377. The molecule has 1 amide bonds. The Bertz CT molecular complexity index is 1320. The second-order valence-electron chi connectivity index (χ2n) is 7.61. The summed E-state index contributed by atoms with van der Waals surface area (Å²) in [5.74, 6) is 1.43. The summed E-state index contributed by atoms with van der Waals surface area (Å²) in [6, 6.07) is -0.190. The number of thiol groups is 2. The first kappa shape index (κ1) is 55.9. The molecule has 0 bridgehead atoms. The molecule has 0 unspecified atom stereocenters. The number of ether oxygens (including phenoxy) is 3. The van der Waals surface area contributed by atoms with Crippen molar-refractivity contribution in [3.63, 3.8) is 0 Å². The maximum absolute atomic E-state index is 11.4. The van der Waals surface area contributed by atoms with Crippen molar-refractivity contribution in [2.24, 2.45) is 5.73 Å². The highest BCUT2D eigenvalue weighted by Gasteiger charge is 2.08. The molecule has 0 spiro atoms. The monoisotopic (exact) mass is 776 g/mol. The number of aliphatic hydroxyl groups is 1. The van der Waals surface area contributed by atoms with E-state index in [0.29, 0.717) is 18.8 Å². The molecule has 5 rings (SSSR count). The van der Waals surface area contributed by atoms with Crippen molar-refractivity contribution >= 4 is 49.6 Å². The number of rotatable bonds is 3. The molecule has 0 aliphatic carbocycles. The molecule has 5 heterocycles. The minimum Gasteiger partial charge on any atom is -0.453 e. The summed E-state index contributed by atoms with van der Waals surface area (Å²) in [7, 11) is 5.00. The van der Waals surface area contributed by atoms with E-state index in [2.05, 4.69) is 74.7 Å². The van der Waals surface area contributed by atoms with Crippen LogP contribution in [0.5, 0.6) is 0 Å². The molecular formula is C30H56N12O8S2+2. The number of hydrogen-bond donors (Lipinski definition) is 6. The summed E-state index contributed by atoms with van der Waals surface area (Å²) in [5.41, 5.74) is 4.95. The molecule has 0 radical (unpaired) electrons. The van der Waals surface area contributed by atoms with Crippen LogP contribution in [0.25, 0.3) is 0 Å². The van der Waals surface area contributed by atoms with E-state index in [0.717, 1.165) is 12.9 Å². The Labute approximate surface area is 315 Å². The number of aliphatic hydroxyl groups excluding tert-OH is 1. The number of hydrogen-bond acceptors (Lipinski definition) is 14. The number of aromatic nitrogens is 10. The minimum absolute atomic E-state index is 0. The number of aromatic amines is 3. The zero-order valence-electron chi connectivity index (χ0n) is 27.4. The first-order valence-corrected chi connectivity index (χ1v) is 14.9. The average molecular weight is 777 g/mol. The molecule has 5 aromatic rings. The lowest BCUT2D eigenvalue weighted by Gasteiger charge is -1.98. The van der Waals surface area contributed by atoms with Gasteiger partial charge in [0.1, 0.15) is 37.4 Å². The van der Waals surface area contributed by atoms with Gasteiger partial charge in [-0.3, -0.25) is 9.13 Å². The van der Waals surface area contributed by atoms with Gasteiger partial charge in [-0.1, -0.05) is 22.3 Å². The summed E-state index contributed by atoms with van der Waals surface area (Å²) < 4.78 is 18.4. The highest BCUT2D eigenvalue weighted by Crippen LogP contribution is 1.92. The van der Waals surface area contributed by atoms with E-state index < -0.39 is 18.3 Å². The lowest BCUT2D eigenvalue weighted by Crippen LogP contribution is -2.24. The number of nitrogens with one attached hydrogen (secondary N) is 4. The molecule has 5 aromatic heterocycles. The largest absolute Gasteiger partial charge is 0.511 e. The number of carbonyl (C=O) groups excluding carboxylic acids is 4. The van der Waals surface area contributed by atoms with Gasteiger partial charge in [-0.05, 0) is 0 Å². The number of methoxy groups -OCH3 is 3. The highest BCUT2D eigenvalue weighted by atomic mass is 32.1. The second-order valence-corrected chi connectivity index (χ2v) is 8.51. The van der Waals surface area contributed by atoms with Crippen molar-refractivity contribution in [2.45, 2.75) is 22.3 Å². The van der Waals surface area contributed by atoms with Gasteiger partial charge in [0.2, 0.25) is 0 Å². The van der Waals surface area contributed by atoms with Crippen molar-refractivity contribution < 1.29 is 48.5 Å². The Morgan fingerprint density at radius 1 is 0.750 bits per heavy atom. The summed E-state index contributed by atoms with van der Waals surface area (Å²) in [5, 5.41) is 9.44. The van der Waals surface area contributed by atoms with E-state index >= 15 is 0 Å². The molecule has 0 aromatic carbocycles. The Morgan fingerprint density at radius 2 is 1.21 bits per heavy atom. The highest BCUT2D eigenvalue weighted by molar-refractivity contribution is 7.80. The molecule has 22 heteroatoms. The molecule has 20 nitrogen and oxygen atoms in total. The van der Waals surface area contributed by atoms with Crippen LogP contribution in [0.1, 0.15) is 22.3 Å². The van der Waals surface area contributed by atoms with Gasteiger partial charge in [-0.2, -0.15) is 34.8 Å². The fraction of sp³-hybridized carbons (Fsp3) is 0.367. The average Bonchev–Trinajstić information content (AvgIpc) is 4.01. The van der Waals surface area contributed by atoms with Gasteiger partial charge in [-0.25, -0.2) is 34.5 Å². The molecule has 7 N–H and O–H groups in total. The minimum atomic E-state index is -0.404. The first-order chi connectivity index (χ1) is 23.8. The van der Waals surface area contributed by atoms with Gasteiger partial charge in [0.05, 0.1) is 27.7 Å². The fourth-order valence-corrected chi connectivity index (χ4v) is 2.45. The van der Waals surface area contributed by atoms with Crippen molar-refractivity contribution in [3.05, 3.63) is 93.6 Å². The molecule has 0 aliphatic heterocycles.